The summed E-state index contributed by atoms with van der Waals surface area (Å²) in [5.74, 6) is 1.66. The highest BCUT2D eigenvalue weighted by Gasteiger charge is 2.21. The number of nitrogens with zero attached hydrogens (tertiary/aromatic N) is 1. The predicted molar refractivity (Wildman–Crippen MR) is 96.1 cm³/mol. The summed E-state index contributed by atoms with van der Waals surface area (Å²) in [5.41, 5.74) is 1.32. The zero-order valence-electron chi connectivity index (χ0n) is 13.6. The molecule has 0 bridgehead atoms. The van der Waals surface area contributed by atoms with E-state index in [1.54, 1.807) is 7.11 Å². The van der Waals surface area contributed by atoms with Crippen LogP contribution in [0.5, 0.6) is 11.5 Å². The van der Waals surface area contributed by atoms with Crippen molar-refractivity contribution >= 4 is 24.8 Å². The summed E-state index contributed by atoms with van der Waals surface area (Å²) in [5, 5.41) is 3.41. The van der Waals surface area contributed by atoms with Crippen LogP contribution in [-0.2, 0) is 0 Å². The van der Waals surface area contributed by atoms with Crippen molar-refractivity contribution in [3.8, 4) is 11.5 Å². The highest BCUT2D eigenvalue weighted by atomic mass is 35.5. The Bertz CT molecular complexity index is 427. The van der Waals surface area contributed by atoms with Gasteiger partial charge in [-0.3, -0.25) is 4.90 Å². The molecule has 0 saturated carbocycles. The molecule has 0 amide bonds. The number of hydrogen-bond acceptors (Lipinski definition) is 4. The molecule has 6 heteroatoms. The molecule has 1 aromatic rings. The van der Waals surface area contributed by atoms with Crippen LogP contribution in [0.4, 0.5) is 0 Å². The van der Waals surface area contributed by atoms with E-state index in [9.17, 15) is 0 Å². The first kappa shape index (κ1) is 21.3. The Hall–Kier alpha value is -0.680. The van der Waals surface area contributed by atoms with Crippen molar-refractivity contribution in [3.63, 3.8) is 0 Å². The van der Waals surface area contributed by atoms with Gasteiger partial charge in [-0.1, -0.05) is 13.0 Å². The molecule has 1 heterocycles. The van der Waals surface area contributed by atoms with Crippen LogP contribution in [-0.4, -0.2) is 44.8 Å². The van der Waals surface area contributed by atoms with E-state index >= 15 is 0 Å². The van der Waals surface area contributed by atoms with Crippen molar-refractivity contribution in [2.75, 3.05) is 39.9 Å². The van der Waals surface area contributed by atoms with Crippen LogP contribution in [0.1, 0.15) is 31.9 Å². The van der Waals surface area contributed by atoms with E-state index in [0.29, 0.717) is 12.6 Å². The predicted octanol–water partition coefficient (Wildman–Crippen LogP) is 3.29. The summed E-state index contributed by atoms with van der Waals surface area (Å²) < 4.78 is 11.1. The van der Waals surface area contributed by atoms with Crippen molar-refractivity contribution in [2.45, 2.75) is 26.3 Å². The highest BCUT2D eigenvalue weighted by molar-refractivity contribution is 5.85. The van der Waals surface area contributed by atoms with Gasteiger partial charge in [0, 0.05) is 32.2 Å². The molecular weight excluding hydrogens is 323 g/mol. The van der Waals surface area contributed by atoms with Gasteiger partial charge in [0.1, 0.15) is 0 Å². The number of nitrogens with one attached hydrogen (secondary N) is 1. The maximum absolute atomic E-state index is 5.69. The van der Waals surface area contributed by atoms with Gasteiger partial charge < -0.3 is 14.8 Å². The highest BCUT2D eigenvalue weighted by Crippen LogP contribution is 2.33. The second-order valence-electron chi connectivity index (χ2n) is 5.05. The zero-order valence-corrected chi connectivity index (χ0v) is 15.3. The fraction of sp³-hybridized carbons (Fsp3) is 0.625. The van der Waals surface area contributed by atoms with Crippen LogP contribution in [0.15, 0.2) is 18.2 Å². The first-order valence-corrected chi connectivity index (χ1v) is 7.55. The Morgan fingerprint density at radius 3 is 2.36 bits per heavy atom. The molecule has 1 aliphatic heterocycles. The van der Waals surface area contributed by atoms with E-state index in [2.05, 4.69) is 29.3 Å². The number of halogens is 2. The van der Waals surface area contributed by atoms with Crippen LogP contribution in [0, 0.1) is 0 Å². The molecule has 0 radical (unpaired) electrons. The van der Waals surface area contributed by atoms with E-state index < -0.39 is 0 Å². The zero-order chi connectivity index (χ0) is 14.4. The largest absolute Gasteiger partial charge is 0.493 e. The van der Waals surface area contributed by atoms with Gasteiger partial charge in [-0.05, 0) is 31.0 Å². The van der Waals surface area contributed by atoms with Gasteiger partial charge >= 0.3 is 0 Å². The van der Waals surface area contributed by atoms with Crippen LogP contribution >= 0.6 is 24.8 Å². The summed E-state index contributed by atoms with van der Waals surface area (Å²) in [7, 11) is 1.69. The molecule has 0 spiro atoms. The second-order valence-corrected chi connectivity index (χ2v) is 5.05. The molecule has 1 fully saturated rings. The second kappa shape index (κ2) is 10.9. The average molecular weight is 351 g/mol. The maximum Gasteiger partial charge on any atom is 0.161 e. The first-order chi connectivity index (χ1) is 9.80. The summed E-state index contributed by atoms with van der Waals surface area (Å²) in [4.78, 5) is 2.55. The van der Waals surface area contributed by atoms with Gasteiger partial charge in [-0.2, -0.15) is 0 Å². The van der Waals surface area contributed by atoms with Crippen LogP contribution in [0.3, 0.4) is 0 Å². The quantitative estimate of drug-likeness (QED) is 0.853. The fourth-order valence-corrected chi connectivity index (χ4v) is 2.87. The molecule has 1 N–H and O–H groups in total. The Morgan fingerprint density at radius 1 is 1.14 bits per heavy atom. The third kappa shape index (κ3) is 5.20. The minimum Gasteiger partial charge on any atom is -0.493 e. The minimum atomic E-state index is 0. The van der Waals surface area contributed by atoms with Crippen molar-refractivity contribution in [2.24, 2.45) is 0 Å². The lowest BCUT2D eigenvalue weighted by atomic mass is 10.0. The number of piperazine rings is 1. The normalized spacial score (nSPS) is 16.1. The Morgan fingerprint density at radius 2 is 1.82 bits per heavy atom. The van der Waals surface area contributed by atoms with E-state index in [1.807, 2.05) is 13.0 Å². The summed E-state index contributed by atoms with van der Waals surface area (Å²) >= 11 is 0. The summed E-state index contributed by atoms with van der Waals surface area (Å²) in [6, 6.07) is 6.78. The number of methoxy groups -OCH3 is 1. The fourth-order valence-electron chi connectivity index (χ4n) is 2.87. The minimum absolute atomic E-state index is 0. The number of ether oxygens (including phenoxy) is 2. The SMILES string of the molecule is CCOc1cc([C@H](CC)N2CCNCC2)ccc1OC.Cl.Cl. The van der Waals surface area contributed by atoms with Crippen LogP contribution in [0.2, 0.25) is 0 Å². The monoisotopic (exact) mass is 350 g/mol. The standard InChI is InChI=1S/C16H26N2O2.2ClH/c1-4-14(18-10-8-17-9-11-18)13-6-7-15(19-3)16(12-13)20-5-2;;/h6-7,12,14,17H,4-5,8-11H2,1-3H3;2*1H/t14-;;/m0../s1. The van der Waals surface area contributed by atoms with Crippen molar-refractivity contribution in [3.05, 3.63) is 23.8 Å². The topological polar surface area (TPSA) is 33.7 Å². The van der Waals surface area contributed by atoms with Crippen LogP contribution in [0.25, 0.3) is 0 Å². The van der Waals surface area contributed by atoms with Gasteiger partial charge in [-0.25, -0.2) is 0 Å². The lowest BCUT2D eigenvalue weighted by molar-refractivity contribution is 0.169. The molecule has 0 unspecified atom stereocenters. The summed E-state index contributed by atoms with van der Waals surface area (Å²) in [6.07, 6.45) is 1.11. The van der Waals surface area contributed by atoms with Gasteiger partial charge in [0.15, 0.2) is 11.5 Å². The van der Waals surface area contributed by atoms with Crippen molar-refractivity contribution in [1.29, 1.82) is 0 Å². The van der Waals surface area contributed by atoms with Gasteiger partial charge in [0.25, 0.3) is 0 Å². The van der Waals surface area contributed by atoms with Gasteiger partial charge in [-0.15, -0.1) is 24.8 Å². The Kier molecular flexibility index (Phi) is 10.6. The molecule has 1 aliphatic rings. The summed E-state index contributed by atoms with van der Waals surface area (Å²) in [6.45, 7) is 9.26. The number of rotatable bonds is 6. The van der Waals surface area contributed by atoms with Gasteiger partial charge in [0.05, 0.1) is 13.7 Å². The van der Waals surface area contributed by atoms with E-state index in [-0.39, 0.29) is 24.8 Å². The molecule has 1 atom stereocenters. The Balaban J connectivity index is 0.00000220. The average Bonchev–Trinajstić information content (AvgIpc) is 2.50. The third-order valence-electron chi connectivity index (χ3n) is 3.85. The molecule has 0 aromatic heterocycles. The molecule has 128 valence electrons. The molecule has 1 aromatic carbocycles. The smallest absolute Gasteiger partial charge is 0.161 e. The lowest BCUT2D eigenvalue weighted by Crippen LogP contribution is -2.45. The third-order valence-corrected chi connectivity index (χ3v) is 3.85. The molecule has 2 rings (SSSR count). The van der Waals surface area contributed by atoms with Crippen molar-refractivity contribution in [1.82, 2.24) is 10.2 Å². The van der Waals surface area contributed by atoms with E-state index in [1.165, 1.54) is 5.56 Å². The van der Waals surface area contributed by atoms with E-state index in [0.717, 1.165) is 44.1 Å². The van der Waals surface area contributed by atoms with Gasteiger partial charge in [0.2, 0.25) is 0 Å². The molecule has 4 nitrogen and oxygen atoms in total. The molecule has 0 aliphatic carbocycles. The maximum atomic E-state index is 5.69. The number of hydrogen-bond donors (Lipinski definition) is 1. The lowest BCUT2D eigenvalue weighted by Gasteiger charge is -2.35. The van der Waals surface area contributed by atoms with Crippen LogP contribution < -0.4 is 14.8 Å². The molecule has 1 saturated heterocycles. The molecular formula is C16H28Cl2N2O2. The first-order valence-electron chi connectivity index (χ1n) is 7.55. The van der Waals surface area contributed by atoms with Crippen molar-refractivity contribution < 1.29 is 9.47 Å². The molecule has 22 heavy (non-hydrogen) atoms. The van der Waals surface area contributed by atoms with E-state index in [4.69, 9.17) is 9.47 Å². The Labute approximate surface area is 146 Å². The number of benzene rings is 1.